The van der Waals surface area contributed by atoms with Crippen molar-refractivity contribution in [3.8, 4) is 0 Å². The molecule has 0 bridgehead atoms. The van der Waals surface area contributed by atoms with E-state index >= 15 is 0 Å². The van der Waals surface area contributed by atoms with Crippen LogP contribution in [0, 0.1) is 12.7 Å². The third-order valence-electron chi connectivity index (χ3n) is 2.31. The molecule has 2 aromatic rings. The average molecular weight is 233 g/mol. The van der Waals surface area contributed by atoms with E-state index < -0.39 is 5.82 Å². The van der Waals surface area contributed by atoms with Crippen LogP contribution in [0.5, 0.6) is 0 Å². The zero-order valence-corrected chi connectivity index (χ0v) is 9.37. The predicted molar refractivity (Wildman–Crippen MR) is 61.0 cm³/mol. The minimum Gasteiger partial charge on any atom is -0.465 e. The summed E-state index contributed by atoms with van der Waals surface area (Å²) < 4.78 is 18.2. The molecule has 0 radical (unpaired) electrons. The van der Waals surface area contributed by atoms with Crippen molar-refractivity contribution in [3.05, 3.63) is 59.3 Å². The van der Waals surface area contributed by atoms with Crippen LogP contribution in [0.15, 0.2) is 40.8 Å². The van der Waals surface area contributed by atoms with E-state index in [0.717, 1.165) is 5.76 Å². The Morgan fingerprint density at radius 2 is 2.18 bits per heavy atom. The molecule has 0 unspecified atom stereocenters. The van der Waals surface area contributed by atoms with E-state index in [4.69, 9.17) is 4.42 Å². The Hall–Kier alpha value is -2.10. The summed E-state index contributed by atoms with van der Waals surface area (Å²) in [6.45, 7) is 2.13. The Kier molecular flexibility index (Phi) is 3.23. The quantitative estimate of drug-likeness (QED) is 0.885. The van der Waals surface area contributed by atoms with Gasteiger partial charge in [-0.15, -0.1) is 0 Å². The molecular weight excluding hydrogens is 221 g/mol. The Morgan fingerprint density at radius 1 is 1.35 bits per heavy atom. The van der Waals surface area contributed by atoms with E-state index in [1.807, 2.05) is 13.0 Å². The molecule has 0 aliphatic rings. The fourth-order valence-corrected chi connectivity index (χ4v) is 1.48. The second-order valence-electron chi connectivity index (χ2n) is 3.71. The van der Waals surface area contributed by atoms with Crippen LogP contribution in [-0.2, 0) is 6.54 Å². The van der Waals surface area contributed by atoms with E-state index in [-0.39, 0.29) is 5.91 Å². The van der Waals surface area contributed by atoms with Crippen molar-refractivity contribution in [2.75, 3.05) is 0 Å². The number of halogens is 1. The largest absolute Gasteiger partial charge is 0.465 e. The minimum atomic E-state index is -0.425. The van der Waals surface area contributed by atoms with Crippen molar-refractivity contribution in [2.45, 2.75) is 13.5 Å². The average Bonchev–Trinajstić information content (AvgIpc) is 2.72. The monoisotopic (exact) mass is 233 g/mol. The molecule has 17 heavy (non-hydrogen) atoms. The van der Waals surface area contributed by atoms with Gasteiger partial charge in [-0.1, -0.05) is 6.07 Å². The lowest BCUT2D eigenvalue weighted by molar-refractivity contribution is 0.0947. The molecule has 0 atom stereocenters. The van der Waals surface area contributed by atoms with Crippen molar-refractivity contribution in [2.24, 2.45) is 0 Å². The van der Waals surface area contributed by atoms with E-state index in [2.05, 4.69) is 5.32 Å². The highest BCUT2D eigenvalue weighted by Gasteiger charge is 2.07. The first-order valence-electron chi connectivity index (χ1n) is 5.24. The number of benzene rings is 1. The lowest BCUT2D eigenvalue weighted by Crippen LogP contribution is -2.22. The van der Waals surface area contributed by atoms with Gasteiger partial charge in [0.25, 0.3) is 5.91 Å². The Morgan fingerprint density at radius 3 is 2.82 bits per heavy atom. The summed E-state index contributed by atoms with van der Waals surface area (Å²) in [5.74, 6) is 0.720. The highest BCUT2D eigenvalue weighted by atomic mass is 19.1. The molecule has 0 aliphatic carbocycles. The molecule has 0 aliphatic heterocycles. The van der Waals surface area contributed by atoms with Crippen LogP contribution in [0.4, 0.5) is 4.39 Å². The second kappa shape index (κ2) is 4.82. The van der Waals surface area contributed by atoms with Gasteiger partial charge in [0, 0.05) is 5.56 Å². The number of nitrogens with one attached hydrogen (secondary N) is 1. The third kappa shape index (κ3) is 2.93. The summed E-state index contributed by atoms with van der Waals surface area (Å²) in [6.07, 6.45) is 0. The molecule has 0 spiro atoms. The summed E-state index contributed by atoms with van der Waals surface area (Å²) in [5, 5.41) is 2.66. The number of aryl methyl sites for hydroxylation is 1. The standard InChI is InChI=1S/C13H12FNO2/c1-9-5-6-12(17-9)8-15-13(16)10-3-2-4-11(14)7-10/h2-7H,8H2,1H3,(H,15,16). The maximum Gasteiger partial charge on any atom is 0.251 e. The summed E-state index contributed by atoms with van der Waals surface area (Å²) in [4.78, 5) is 11.7. The van der Waals surface area contributed by atoms with E-state index in [9.17, 15) is 9.18 Å². The zero-order valence-electron chi connectivity index (χ0n) is 9.37. The van der Waals surface area contributed by atoms with Crippen molar-refractivity contribution < 1.29 is 13.6 Å². The lowest BCUT2D eigenvalue weighted by atomic mass is 10.2. The molecule has 1 amide bonds. The zero-order chi connectivity index (χ0) is 12.3. The van der Waals surface area contributed by atoms with Gasteiger partial charge >= 0.3 is 0 Å². The number of amides is 1. The van der Waals surface area contributed by atoms with Crippen LogP contribution >= 0.6 is 0 Å². The molecule has 88 valence electrons. The molecular formula is C13H12FNO2. The van der Waals surface area contributed by atoms with Crippen LogP contribution < -0.4 is 5.32 Å². The molecule has 2 rings (SSSR count). The smallest absolute Gasteiger partial charge is 0.251 e. The van der Waals surface area contributed by atoms with Gasteiger partial charge in [0.1, 0.15) is 17.3 Å². The number of carbonyl (C=O) groups excluding carboxylic acids is 1. The van der Waals surface area contributed by atoms with Crippen LogP contribution in [0.25, 0.3) is 0 Å². The van der Waals surface area contributed by atoms with Crippen LogP contribution in [0.3, 0.4) is 0 Å². The van der Waals surface area contributed by atoms with Crippen molar-refractivity contribution >= 4 is 5.91 Å². The topological polar surface area (TPSA) is 42.2 Å². The van der Waals surface area contributed by atoms with Crippen LogP contribution in [0.2, 0.25) is 0 Å². The first-order valence-corrected chi connectivity index (χ1v) is 5.24. The summed E-state index contributed by atoms with van der Waals surface area (Å²) >= 11 is 0. The first kappa shape index (κ1) is 11.4. The van der Waals surface area contributed by atoms with Gasteiger partial charge in [0.05, 0.1) is 6.54 Å². The van der Waals surface area contributed by atoms with E-state index in [1.165, 1.54) is 18.2 Å². The summed E-state index contributed by atoms with van der Waals surface area (Å²) in [5.41, 5.74) is 0.299. The molecule has 1 N–H and O–H groups in total. The molecule has 1 heterocycles. The van der Waals surface area contributed by atoms with Gasteiger partial charge in [0.15, 0.2) is 0 Å². The van der Waals surface area contributed by atoms with Gasteiger partial charge in [-0.3, -0.25) is 4.79 Å². The Balaban J connectivity index is 1.98. The van der Waals surface area contributed by atoms with E-state index in [1.54, 1.807) is 12.1 Å². The molecule has 0 saturated heterocycles. The van der Waals surface area contributed by atoms with Crippen molar-refractivity contribution in [3.63, 3.8) is 0 Å². The molecule has 0 saturated carbocycles. The highest BCUT2D eigenvalue weighted by molar-refractivity contribution is 5.94. The number of hydrogen-bond donors (Lipinski definition) is 1. The normalized spacial score (nSPS) is 10.2. The van der Waals surface area contributed by atoms with Gasteiger partial charge < -0.3 is 9.73 Å². The van der Waals surface area contributed by atoms with Gasteiger partial charge in [-0.2, -0.15) is 0 Å². The molecule has 1 aromatic heterocycles. The van der Waals surface area contributed by atoms with Crippen LogP contribution in [0.1, 0.15) is 21.9 Å². The van der Waals surface area contributed by atoms with Crippen molar-refractivity contribution in [1.29, 1.82) is 0 Å². The second-order valence-corrected chi connectivity index (χ2v) is 3.71. The number of hydrogen-bond acceptors (Lipinski definition) is 2. The SMILES string of the molecule is Cc1ccc(CNC(=O)c2cccc(F)c2)o1. The molecule has 0 fully saturated rings. The summed E-state index contributed by atoms with van der Waals surface area (Å²) in [6, 6.07) is 9.17. The van der Waals surface area contributed by atoms with E-state index in [0.29, 0.717) is 17.9 Å². The maximum atomic E-state index is 12.9. The molecule has 3 nitrogen and oxygen atoms in total. The maximum absolute atomic E-state index is 12.9. The fraction of sp³-hybridized carbons (Fsp3) is 0.154. The number of furan rings is 1. The summed E-state index contributed by atoms with van der Waals surface area (Å²) in [7, 11) is 0. The lowest BCUT2D eigenvalue weighted by Gasteiger charge is -2.03. The number of rotatable bonds is 3. The van der Waals surface area contributed by atoms with Gasteiger partial charge in [-0.05, 0) is 37.3 Å². The first-order chi connectivity index (χ1) is 8.15. The Bertz CT molecular complexity index is 534. The van der Waals surface area contributed by atoms with Crippen LogP contribution in [-0.4, -0.2) is 5.91 Å². The minimum absolute atomic E-state index is 0.295. The molecule has 1 aromatic carbocycles. The van der Waals surface area contributed by atoms with Gasteiger partial charge in [-0.25, -0.2) is 4.39 Å². The highest BCUT2D eigenvalue weighted by Crippen LogP contribution is 2.07. The number of carbonyl (C=O) groups is 1. The third-order valence-corrected chi connectivity index (χ3v) is 2.31. The van der Waals surface area contributed by atoms with Gasteiger partial charge in [0.2, 0.25) is 0 Å². The van der Waals surface area contributed by atoms with Crippen molar-refractivity contribution in [1.82, 2.24) is 5.32 Å². The molecule has 4 heteroatoms. The predicted octanol–water partition coefficient (Wildman–Crippen LogP) is 2.66. The fourth-order valence-electron chi connectivity index (χ4n) is 1.48. The Labute approximate surface area is 98.3 Å².